The molecule has 2 atom stereocenters. The first-order chi connectivity index (χ1) is 12.1. The summed E-state index contributed by atoms with van der Waals surface area (Å²) in [7, 11) is 1.74. The first-order valence-corrected chi connectivity index (χ1v) is 9.14. The van der Waals surface area contributed by atoms with Crippen molar-refractivity contribution < 1.29 is 9.53 Å². The molecule has 0 spiro atoms. The Morgan fingerprint density at radius 1 is 1.28 bits per heavy atom. The molecule has 4 heterocycles. The number of amides is 1. The summed E-state index contributed by atoms with van der Waals surface area (Å²) in [5, 5.41) is 0. The maximum Gasteiger partial charge on any atom is 0.240 e. The quantitative estimate of drug-likeness (QED) is 0.851. The van der Waals surface area contributed by atoms with Crippen LogP contribution in [0.1, 0.15) is 30.5 Å². The number of pyridine rings is 1. The summed E-state index contributed by atoms with van der Waals surface area (Å²) in [6.45, 7) is 5.34. The molecule has 2 saturated heterocycles. The van der Waals surface area contributed by atoms with Crippen LogP contribution in [0.4, 0.5) is 0 Å². The van der Waals surface area contributed by atoms with Crippen LogP contribution in [0.5, 0.6) is 0 Å². The number of likely N-dealkylation sites (tertiary alicyclic amines) is 2. The van der Waals surface area contributed by atoms with Crippen LogP contribution in [0.2, 0.25) is 0 Å². The Balaban J connectivity index is 1.53. The van der Waals surface area contributed by atoms with Crippen LogP contribution in [0.25, 0.3) is 5.65 Å². The number of rotatable bonds is 4. The summed E-state index contributed by atoms with van der Waals surface area (Å²) >= 11 is 0. The van der Waals surface area contributed by atoms with E-state index in [1.54, 1.807) is 7.11 Å². The second-order valence-corrected chi connectivity index (χ2v) is 7.28. The molecular weight excluding hydrogens is 316 g/mol. The monoisotopic (exact) mass is 342 g/mol. The van der Waals surface area contributed by atoms with E-state index in [1.807, 2.05) is 11.0 Å². The van der Waals surface area contributed by atoms with E-state index in [2.05, 4.69) is 34.7 Å². The highest BCUT2D eigenvalue weighted by Gasteiger charge is 2.39. The van der Waals surface area contributed by atoms with Gasteiger partial charge in [-0.05, 0) is 37.8 Å². The number of carbonyl (C=O) groups excluding carboxylic acids is 1. The summed E-state index contributed by atoms with van der Waals surface area (Å²) in [5.41, 5.74) is 3.16. The molecular formula is C19H26N4O2. The molecule has 2 aromatic rings. The van der Waals surface area contributed by atoms with Crippen LogP contribution in [-0.2, 0) is 16.1 Å². The van der Waals surface area contributed by atoms with Gasteiger partial charge in [0.2, 0.25) is 5.91 Å². The molecule has 2 aliphatic rings. The molecule has 6 nitrogen and oxygen atoms in total. The third-order valence-corrected chi connectivity index (χ3v) is 5.42. The highest BCUT2D eigenvalue weighted by atomic mass is 16.5. The molecule has 134 valence electrons. The van der Waals surface area contributed by atoms with Crippen LogP contribution >= 0.6 is 0 Å². The lowest BCUT2D eigenvalue weighted by molar-refractivity contribution is -0.135. The van der Waals surface area contributed by atoms with Crippen LogP contribution in [-0.4, -0.2) is 64.0 Å². The van der Waals surface area contributed by atoms with Crippen molar-refractivity contribution in [3.8, 4) is 0 Å². The Morgan fingerprint density at radius 3 is 2.84 bits per heavy atom. The number of hydrogen-bond donors (Lipinski definition) is 0. The van der Waals surface area contributed by atoms with Crippen molar-refractivity contribution in [1.29, 1.82) is 0 Å². The van der Waals surface area contributed by atoms with E-state index in [0.717, 1.165) is 50.2 Å². The zero-order valence-corrected chi connectivity index (χ0v) is 15.0. The van der Waals surface area contributed by atoms with Crippen LogP contribution in [0.15, 0.2) is 24.5 Å². The maximum absolute atomic E-state index is 12.9. The van der Waals surface area contributed by atoms with E-state index in [-0.39, 0.29) is 18.1 Å². The van der Waals surface area contributed by atoms with Crippen molar-refractivity contribution in [3.05, 3.63) is 35.8 Å². The van der Waals surface area contributed by atoms with Crippen LogP contribution in [0.3, 0.4) is 0 Å². The highest BCUT2D eigenvalue weighted by Crippen LogP contribution is 2.25. The number of nitrogens with zero attached hydrogens (tertiary/aromatic N) is 4. The number of fused-ring (bicyclic) bond motifs is 1. The fourth-order valence-electron chi connectivity index (χ4n) is 4.05. The van der Waals surface area contributed by atoms with E-state index < -0.39 is 0 Å². The molecule has 2 aromatic heterocycles. The topological polar surface area (TPSA) is 50.1 Å². The number of carbonyl (C=O) groups is 1. The van der Waals surface area contributed by atoms with Gasteiger partial charge in [-0.2, -0.15) is 0 Å². The van der Waals surface area contributed by atoms with Gasteiger partial charge in [0.1, 0.15) is 5.65 Å². The predicted molar refractivity (Wildman–Crippen MR) is 95.4 cm³/mol. The lowest BCUT2D eigenvalue weighted by Crippen LogP contribution is -2.44. The van der Waals surface area contributed by atoms with Gasteiger partial charge in [-0.1, -0.05) is 6.07 Å². The van der Waals surface area contributed by atoms with Crippen molar-refractivity contribution in [3.63, 3.8) is 0 Å². The Bertz CT molecular complexity index is 766. The van der Waals surface area contributed by atoms with Gasteiger partial charge in [0.25, 0.3) is 0 Å². The zero-order valence-electron chi connectivity index (χ0n) is 15.0. The smallest absolute Gasteiger partial charge is 0.240 e. The van der Waals surface area contributed by atoms with Gasteiger partial charge >= 0.3 is 0 Å². The van der Waals surface area contributed by atoms with Crippen molar-refractivity contribution in [2.45, 2.75) is 44.9 Å². The fraction of sp³-hybridized carbons (Fsp3) is 0.579. The molecule has 0 aliphatic carbocycles. The summed E-state index contributed by atoms with van der Waals surface area (Å²) in [6, 6.07) is 4.02. The second-order valence-electron chi connectivity index (χ2n) is 7.28. The summed E-state index contributed by atoms with van der Waals surface area (Å²) < 4.78 is 7.62. The molecule has 2 fully saturated rings. The molecule has 6 heteroatoms. The van der Waals surface area contributed by atoms with E-state index in [1.165, 1.54) is 5.56 Å². The Labute approximate surface area is 148 Å². The van der Waals surface area contributed by atoms with Gasteiger partial charge in [-0.25, -0.2) is 4.98 Å². The average Bonchev–Trinajstić information content (AvgIpc) is 3.33. The van der Waals surface area contributed by atoms with E-state index in [0.29, 0.717) is 6.54 Å². The second kappa shape index (κ2) is 6.77. The summed E-state index contributed by atoms with van der Waals surface area (Å²) in [5.74, 6) is 0.261. The SMILES string of the molecule is CO[C@H]1C[C@@H](C(=O)N2CCCC2)N(Cc2cn3cc(C)ccc3n2)C1. The summed E-state index contributed by atoms with van der Waals surface area (Å²) in [6.07, 6.45) is 7.30. The molecule has 0 saturated carbocycles. The Hall–Kier alpha value is -1.92. The first kappa shape index (κ1) is 16.5. The molecule has 0 bridgehead atoms. The average molecular weight is 342 g/mol. The minimum atomic E-state index is -0.0883. The number of aryl methyl sites for hydroxylation is 1. The fourth-order valence-corrected chi connectivity index (χ4v) is 4.05. The minimum Gasteiger partial charge on any atom is -0.380 e. The van der Waals surface area contributed by atoms with Crippen LogP contribution < -0.4 is 0 Å². The number of aromatic nitrogens is 2. The Morgan fingerprint density at radius 2 is 2.08 bits per heavy atom. The lowest BCUT2D eigenvalue weighted by atomic mass is 10.1. The molecule has 0 radical (unpaired) electrons. The maximum atomic E-state index is 12.9. The van der Waals surface area contributed by atoms with Crippen molar-refractivity contribution in [1.82, 2.24) is 19.2 Å². The van der Waals surface area contributed by atoms with E-state index >= 15 is 0 Å². The number of ether oxygens (including phenoxy) is 1. The first-order valence-electron chi connectivity index (χ1n) is 9.14. The van der Waals surface area contributed by atoms with Crippen LogP contribution in [0, 0.1) is 6.92 Å². The number of imidazole rings is 1. The van der Waals surface area contributed by atoms with Gasteiger partial charge in [0.05, 0.1) is 17.8 Å². The minimum absolute atomic E-state index is 0.0883. The molecule has 0 N–H and O–H groups in total. The van der Waals surface area contributed by atoms with Crippen molar-refractivity contribution in [2.75, 3.05) is 26.7 Å². The van der Waals surface area contributed by atoms with Crippen molar-refractivity contribution in [2.24, 2.45) is 0 Å². The van der Waals surface area contributed by atoms with E-state index in [9.17, 15) is 4.79 Å². The van der Waals surface area contributed by atoms with Gasteiger partial charge < -0.3 is 14.0 Å². The molecule has 0 aromatic carbocycles. The largest absolute Gasteiger partial charge is 0.380 e. The standard InChI is InChI=1S/C19H26N4O2/c1-14-5-6-18-20-15(12-23(18)10-14)11-22-13-16(25-2)9-17(22)19(24)21-7-3-4-8-21/h5-6,10,12,16-17H,3-4,7-9,11,13H2,1-2H3/t16-,17-/m0/s1. The zero-order chi connectivity index (χ0) is 17.4. The number of methoxy groups -OCH3 is 1. The molecule has 4 rings (SSSR count). The van der Waals surface area contributed by atoms with Gasteiger partial charge in [0, 0.05) is 45.7 Å². The normalized spacial score (nSPS) is 24.5. The lowest BCUT2D eigenvalue weighted by Gasteiger charge is -2.26. The molecule has 25 heavy (non-hydrogen) atoms. The third-order valence-electron chi connectivity index (χ3n) is 5.42. The van der Waals surface area contributed by atoms with Crippen molar-refractivity contribution >= 4 is 11.6 Å². The highest BCUT2D eigenvalue weighted by molar-refractivity contribution is 5.82. The molecule has 0 unspecified atom stereocenters. The van der Waals surface area contributed by atoms with Gasteiger partial charge in [-0.15, -0.1) is 0 Å². The van der Waals surface area contributed by atoms with E-state index in [4.69, 9.17) is 9.72 Å². The molecule has 1 amide bonds. The third kappa shape index (κ3) is 3.28. The Kier molecular flexibility index (Phi) is 4.48. The van der Waals surface area contributed by atoms with Gasteiger partial charge in [-0.3, -0.25) is 9.69 Å². The predicted octanol–water partition coefficient (Wildman–Crippen LogP) is 1.85. The summed E-state index contributed by atoms with van der Waals surface area (Å²) in [4.78, 5) is 21.9. The van der Waals surface area contributed by atoms with Gasteiger partial charge in [0.15, 0.2) is 0 Å². The molecule has 2 aliphatic heterocycles. The number of hydrogen-bond acceptors (Lipinski definition) is 4.